The Labute approximate surface area is 261 Å². The molecule has 1 atom stereocenters. The van der Waals surface area contributed by atoms with Crippen LogP contribution in [-0.2, 0) is 13.0 Å². The van der Waals surface area contributed by atoms with Crippen LogP contribution in [0.1, 0.15) is 43.4 Å². The number of carbonyl (C=O) groups excluding carboxylic acids is 2. The van der Waals surface area contributed by atoms with Crippen molar-refractivity contribution in [2.24, 2.45) is 0 Å². The molecule has 0 aliphatic heterocycles. The van der Waals surface area contributed by atoms with E-state index in [1.165, 1.54) is 16.9 Å². The molecular formula is C37H33N3O3S. The summed E-state index contributed by atoms with van der Waals surface area (Å²) in [4.78, 5) is 35.6. The maximum absolute atomic E-state index is 14.6. The van der Waals surface area contributed by atoms with Gasteiger partial charge >= 0.3 is 0 Å². The first kappa shape index (κ1) is 29.1. The lowest BCUT2D eigenvalue weighted by Crippen LogP contribution is -2.47. The number of carbonyl (C=O) groups is 2. The third-order valence-corrected chi connectivity index (χ3v) is 8.74. The highest BCUT2D eigenvalue weighted by Gasteiger charge is 2.30. The molecule has 2 amide bonds. The smallest absolute Gasteiger partial charge is 0.274 e. The number of hydrogen-bond acceptors (Lipinski definition) is 5. The van der Waals surface area contributed by atoms with Gasteiger partial charge in [0.1, 0.15) is 11.3 Å². The van der Waals surface area contributed by atoms with E-state index in [-0.39, 0.29) is 24.4 Å². The van der Waals surface area contributed by atoms with Crippen LogP contribution < -0.4 is 5.32 Å². The Morgan fingerprint density at radius 2 is 1.52 bits per heavy atom. The molecule has 0 saturated heterocycles. The molecule has 4 aromatic carbocycles. The summed E-state index contributed by atoms with van der Waals surface area (Å²) in [6.45, 7) is 2.60. The molecular weight excluding hydrogens is 566 g/mol. The highest BCUT2D eigenvalue weighted by Crippen LogP contribution is 2.32. The molecule has 0 spiro atoms. The van der Waals surface area contributed by atoms with Crippen molar-refractivity contribution in [1.29, 1.82) is 0 Å². The van der Waals surface area contributed by atoms with Crippen LogP contribution in [0.5, 0.6) is 0 Å². The second kappa shape index (κ2) is 13.5. The van der Waals surface area contributed by atoms with Crippen LogP contribution in [0.4, 0.5) is 0 Å². The van der Waals surface area contributed by atoms with E-state index in [2.05, 4.69) is 17.4 Å². The van der Waals surface area contributed by atoms with Gasteiger partial charge in [-0.1, -0.05) is 97.1 Å². The van der Waals surface area contributed by atoms with Crippen LogP contribution >= 0.6 is 11.3 Å². The number of fused-ring (bicyclic) bond motifs is 1. The molecule has 0 saturated carbocycles. The minimum atomic E-state index is -0.305. The lowest BCUT2D eigenvalue weighted by Gasteiger charge is -2.32. The van der Waals surface area contributed by atoms with Crippen LogP contribution in [0.3, 0.4) is 0 Å². The highest BCUT2D eigenvalue weighted by molar-refractivity contribution is 7.15. The lowest BCUT2D eigenvalue weighted by atomic mass is 10.0. The van der Waals surface area contributed by atoms with E-state index in [1.54, 1.807) is 18.4 Å². The summed E-state index contributed by atoms with van der Waals surface area (Å²) >= 11 is 1.52. The van der Waals surface area contributed by atoms with Gasteiger partial charge < -0.3 is 14.6 Å². The first-order chi connectivity index (χ1) is 21.6. The monoisotopic (exact) mass is 599 g/mol. The van der Waals surface area contributed by atoms with Gasteiger partial charge in [-0.05, 0) is 54.7 Å². The van der Waals surface area contributed by atoms with Crippen LogP contribution in [0, 0.1) is 6.92 Å². The topological polar surface area (TPSA) is 75.4 Å². The van der Waals surface area contributed by atoms with E-state index in [9.17, 15) is 9.59 Å². The number of nitrogens with one attached hydrogen (secondary N) is 1. The lowest BCUT2D eigenvalue weighted by molar-refractivity contribution is 0.0634. The van der Waals surface area contributed by atoms with E-state index >= 15 is 0 Å². The largest absolute Gasteiger partial charge is 0.464 e. The number of benzene rings is 4. The summed E-state index contributed by atoms with van der Waals surface area (Å²) in [5.74, 6) is -0.357. The van der Waals surface area contributed by atoms with Crippen molar-refractivity contribution in [2.75, 3.05) is 6.54 Å². The second-order valence-electron chi connectivity index (χ2n) is 10.7. The molecule has 6 nitrogen and oxygen atoms in total. The third kappa shape index (κ3) is 6.63. The van der Waals surface area contributed by atoms with Crippen molar-refractivity contribution in [1.82, 2.24) is 15.2 Å². The zero-order valence-corrected chi connectivity index (χ0v) is 25.3. The van der Waals surface area contributed by atoms with Crippen molar-refractivity contribution in [2.45, 2.75) is 32.4 Å². The van der Waals surface area contributed by atoms with Crippen molar-refractivity contribution in [3.8, 4) is 10.4 Å². The maximum Gasteiger partial charge on any atom is 0.274 e. The van der Waals surface area contributed by atoms with Crippen molar-refractivity contribution < 1.29 is 14.0 Å². The molecule has 1 unspecified atom stereocenters. The Bertz CT molecular complexity index is 1850. The number of hydrogen-bond donors (Lipinski definition) is 1. The molecule has 0 aliphatic carbocycles. The van der Waals surface area contributed by atoms with Gasteiger partial charge in [0.15, 0.2) is 0 Å². The number of rotatable bonds is 11. The summed E-state index contributed by atoms with van der Waals surface area (Å²) in [6, 6.07) is 37.1. The Kier molecular flexibility index (Phi) is 8.94. The molecule has 0 aliphatic rings. The molecule has 6 rings (SSSR count). The number of amides is 2. The zero-order valence-electron chi connectivity index (χ0n) is 24.5. The minimum Gasteiger partial charge on any atom is -0.464 e. The molecule has 1 N–H and O–H groups in total. The predicted molar refractivity (Wildman–Crippen MR) is 176 cm³/mol. The molecule has 0 radical (unpaired) electrons. The summed E-state index contributed by atoms with van der Waals surface area (Å²) < 4.78 is 5.52. The van der Waals surface area contributed by atoms with Crippen molar-refractivity contribution in [3.05, 3.63) is 149 Å². The Hall–Kier alpha value is -5.01. The molecule has 2 aromatic heterocycles. The molecule has 0 fully saturated rings. The standard InChI is InChI=1S/C37H33N3O3S/c1-26-39-34(35(44-26)29-16-9-4-10-17-29)37(42)40(25-28-14-7-3-8-15-28)30(21-20-27-12-5-2-6-13-27)24-38-36(41)32-18-11-19-33-31(32)22-23-43-33/h2-19,22-23,30H,20-21,24-25H2,1H3,(H,38,41). The Balaban J connectivity index is 1.35. The van der Waals surface area contributed by atoms with E-state index in [0.717, 1.165) is 32.8 Å². The maximum atomic E-state index is 14.6. The highest BCUT2D eigenvalue weighted by atomic mass is 32.1. The SMILES string of the molecule is Cc1nc(C(=O)N(Cc2ccccc2)C(CCc2ccccc2)CNC(=O)c2cccc3occc23)c(-c2ccccc2)s1. The van der Waals surface area contributed by atoms with Crippen LogP contribution in [-0.4, -0.2) is 34.3 Å². The minimum absolute atomic E-state index is 0.152. The average molecular weight is 600 g/mol. The molecule has 7 heteroatoms. The van der Waals surface area contributed by atoms with Gasteiger partial charge in [0.2, 0.25) is 0 Å². The van der Waals surface area contributed by atoms with E-state index in [1.807, 2.05) is 103 Å². The normalized spacial score (nSPS) is 11.8. The number of aromatic nitrogens is 1. The van der Waals surface area contributed by atoms with Crippen molar-refractivity contribution in [3.63, 3.8) is 0 Å². The van der Waals surface area contributed by atoms with Gasteiger partial charge in [0, 0.05) is 18.5 Å². The Morgan fingerprint density at radius 1 is 0.841 bits per heavy atom. The van der Waals surface area contributed by atoms with Gasteiger partial charge in [0.05, 0.1) is 27.8 Å². The number of nitrogens with zero attached hydrogens (tertiary/aromatic N) is 2. The van der Waals surface area contributed by atoms with Gasteiger partial charge in [-0.2, -0.15) is 0 Å². The fourth-order valence-corrected chi connectivity index (χ4v) is 6.40. The van der Waals surface area contributed by atoms with E-state index < -0.39 is 0 Å². The van der Waals surface area contributed by atoms with Crippen LogP contribution in [0.15, 0.2) is 126 Å². The summed E-state index contributed by atoms with van der Waals surface area (Å²) in [7, 11) is 0. The quantitative estimate of drug-likeness (QED) is 0.164. The zero-order chi connectivity index (χ0) is 30.3. The van der Waals surface area contributed by atoms with Gasteiger partial charge in [-0.3, -0.25) is 9.59 Å². The number of furan rings is 1. The van der Waals surface area contributed by atoms with Gasteiger partial charge in [0.25, 0.3) is 11.8 Å². The van der Waals surface area contributed by atoms with E-state index in [4.69, 9.17) is 9.40 Å². The summed E-state index contributed by atoms with van der Waals surface area (Å²) in [6.07, 6.45) is 2.99. The summed E-state index contributed by atoms with van der Waals surface area (Å²) in [5.41, 5.74) is 4.78. The molecule has 6 aromatic rings. The van der Waals surface area contributed by atoms with Gasteiger partial charge in [-0.25, -0.2) is 4.98 Å². The fourth-order valence-electron chi connectivity index (χ4n) is 5.48. The Morgan fingerprint density at radius 3 is 2.25 bits per heavy atom. The van der Waals surface area contributed by atoms with Crippen LogP contribution in [0.25, 0.3) is 21.4 Å². The molecule has 0 bridgehead atoms. The van der Waals surface area contributed by atoms with Crippen LogP contribution in [0.2, 0.25) is 0 Å². The first-order valence-corrected chi connectivity index (χ1v) is 15.5. The summed E-state index contributed by atoms with van der Waals surface area (Å²) in [5, 5.41) is 4.73. The number of aryl methyl sites for hydroxylation is 2. The predicted octanol–water partition coefficient (Wildman–Crippen LogP) is 7.94. The third-order valence-electron chi connectivity index (χ3n) is 7.72. The first-order valence-electron chi connectivity index (χ1n) is 14.7. The number of thiazole rings is 1. The molecule has 44 heavy (non-hydrogen) atoms. The second-order valence-corrected chi connectivity index (χ2v) is 11.9. The molecule has 2 heterocycles. The van der Waals surface area contributed by atoms with E-state index in [0.29, 0.717) is 29.8 Å². The molecule has 220 valence electrons. The van der Waals surface area contributed by atoms with Crippen molar-refractivity contribution >= 4 is 34.1 Å². The average Bonchev–Trinajstić information content (AvgIpc) is 3.71. The van der Waals surface area contributed by atoms with Gasteiger partial charge in [-0.15, -0.1) is 11.3 Å². The fraction of sp³-hybridized carbons (Fsp3) is 0.162.